The van der Waals surface area contributed by atoms with Crippen molar-refractivity contribution < 1.29 is 13.3 Å². The van der Waals surface area contributed by atoms with Gasteiger partial charge in [0.1, 0.15) is 4.21 Å². The lowest BCUT2D eigenvalue weighted by Gasteiger charge is -2.31. The molecule has 1 aromatic rings. The summed E-state index contributed by atoms with van der Waals surface area (Å²) in [7, 11) is -1.88. The number of nitro groups is 1. The van der Waals surface area contributed by atoms with E-state index < -0.39 is 14.9 Å². The number of nitrogens with zero attached hydrogens (tertiary/aromatic N) is 2. The molecule has 0 saturated carbocycles. The van der Waals surface area contributed by atoms with E-state index in [1.165, 1.54) is 4.31 Å². The number of piperidine rings is 1. The predicted octanol–water partition coefficient (Wildman–Crippen LogP) is 1.93. The van der Waals surface area contributed by atoms with Crippen molar-refractivity contribution in [2.75, 3.05) is 26.7 Å². The normalized spacial score (nSPS) is 20.6. The Morgan fingerprint density at radius 2 is 2.33 bits per heavy atom. The summed E-state index contributed by atoms with van der Waals surface area (Å²) in [5.74, 6) is 0.254. The second-order valence-corrected chi connectivity index (χ2v) is 8.73. The van der Waals surface area contributed by atoms with Gasteiger partial charge < -0.3 is 5.32 Å². The molecule has 1 fully saturated rings. The van der Waals surface area contributed by atoms with Gasteiger partial charge in [-0.25, -0.2) is 8.42 Å². The molecule has 1 aliphatic heterocycles. The van der Waals surface area contributed by atoms with Crippen LogP contribution < -0.4 is 5.32 Å². The third-order valence-corrected chi connectivity index (χ3v) is 7.06. The quantitative estimate of drug-likeness (QED) is 0.645. The van der Waals surface area contributed by atoms with Gasteiger partial charge in [0.05, 0.1) is 4.92 Å². The van der Waals surface area contributed by atoms with Crippen LogP contribution in [0.3, 0.4) is 0 Å². The van der Waals surface area contributed by atoms with Gasteiger partial charge in [0.25, 0.3) is 15.7 Å². The van der Waals surface area contributed by atoms with Gasteiger partial charge >= 0.3 is 0 Å². The molecule has 1 atom stereocenters. The molecular weight excluding hydrogens is 338 g/mol. The van der Waals surface area contributed by atoms with Gasteiger partial charge in [-0.1, -0.05) is 11.6 Å². The first-order chi connectivity index (χ1) is 9.86. The van der Waals surface area contributed by atoms with E-state index in [0.29, 0.717) is 13.1 Å². The van der Waals surface area contributed by atoms with E-state index in [1.807, 2.05) is 7.05 Å². The highest BCUT2D eigenvalue weighted by atomic mass is 35.5. The maximum absolute atomic E-state index is 12.6. The molecule has 1 aliphatic rings. The summed E-state index contributed by atoms with van der Waals surface area (Å²) in [4.78, 5) is 10.1. The lowest BCUT2D eigenvalue weighted by Crippen LogP contribution is -2.42. The minimum Gasteiger partial charge on any atom is -0.319 e. The van der Waals surface area contributed by atoms with Gasteiger partial charge in [-0.05, 0) is 32.4 Å². The van der Waals surface area contributed by atoms with Crippen molar-refractivity contribution in [2.24, 2.45) is 5.92 Å². The molecule has 2 rings (SSSR count). The number of hydrogen-bond donors (Lipinski definition) is 1. The molecule has 118 valence electrons. The fourth-order valence-corrected chi connectivity index (χ4v) is 5.79. The molecular formula is C11H16ClN3O4S2. The first kappa shape index (κ1) is 16.6. The van der Waals surface area contributed by atoms with Gasteiger partial charge in [-0.15, -0.1) is 11.3 Å². The summed E-state index contributed by atoms with van der Waals surface area (Å²) in [5.41, 5.74) is -0.357. The Morgan fingerprint density at radius 3 is 2.90 bits per heavy atom. The Hall–Kier alpha value is -0.740. The van der Waals surface area contributed by atoms with Crippen molar-refractivity contribution in [2.45, 2.75) is 17.1 Å². The van der Waals surface area contributed by atoms with Crippen LogP contribution in [0.1, 0.15) is 12.8 Å². The Bertz CT molecular complexity index is 629. The van der Waals surface area contributed by atoms with E-state index in [1.54, 1.807) is 0 Å². The summed E-state index contributed by atoms with van der Waals surface area (Å²) in [6.45, 7) is 1.61. The molecule has 2 heterocycles. The van der Waals surface area contributed by atoms with Crippen LogP contribution in [-0.2, 0) is 10.0 Å². The van der Waals surface area contributed by atoms with Crippen LogP contribution in [0.4, 0.5) is 5.69 Å². The molecule has 0 spiro atoms. The molecule has 0 aromatic carbocycles. The SMILES string of the molecule is CNCC1CCCN(S(=O)(=O)c2cc([N+](=O)[O-])c(Cl)s2)C1. The number of rotatable bonds is 5. The second-order valence-electron chi connectivity index (χ2n) is 4.91. The van der Waals surface area contributed by atoms with Crippen molar-refractivity contribution in [1.82, 2.24) is 9.62 Å². The number of hydrogen-bond acceptors (Lipinski definition) is 6. The average Bonchev–Trinajstić information content (AvgIpc) is 2.82. The number of halogens is 1. The predicted molar refractivity (Wildman–Crippen MR) is 81.4 cm³/mol. The standard InChI is InChI=1S/C11H16ClN3O4S2/c1-13-6-8-3-2-4-14(7-8)21(18,19)10-5-9(15(16)17)11(12)20-10/h5,8,13H,2-4,6-7H2,1H3. The van der Waals surface area contributed by atoms with Crippen LogP contribution in [0, 0.1) is 16.0 Å². The summed E-state index contributed by atoms with van der Waals surface area (Å²) in [5, 5.41) is 13.8. The molecule has 1 saturated heterocycles. The highest BCUT2D eigenvalue weighted by Crippen LogP contribution is 2.38. The van der Waals surface area contributed by atoms with Crippen molar-refractivity contribution in [3.8, 4) is 0 Å². The van der Waals surface area contributed by atoms with Crippen LogP contribution in [-0.4, -0.2) is 44.3 Å². The fourth-order valence-electron chi connectivity index (χ4n) is 2.42. The van der Waals surface area contributed by atoms with Crippen LogP contribution >= 0.6 is 22.9 Å². The lowest BCUT2D eigenvalue weighted by molar-refractivity contribution is -0.384. The highest BCUT2D eigenvalue weighted by molar-refractivity contribution is 7.91. The minimum absolute atomic E-state index is 0.0655. The summed E-state index contributed by atoms with van der Waals surface area (Å²) in [6, 6.07) is 1.05. The molecule has 10 heteroatoms. The van der Waals surface area contributed by atoms with E-state index >= 15 is 0 Å². The summed E-state index contributed by atoms with van der Waals surface area (Å²) in [6.07, 6.45) is 1.75. The maximum Gasteiger partial charge on any atom is 0.300 e. The monoisotopic (exact) mass is 353 g/mol. The molecule has 1 unspecified atom stereocenters. The Labute approximate surface area is 132 Å². The van der Waals surface area contributed by atoms with E-state index in [4.69, 9.17) is 11.6 Å². The Balaban J connectivity index is 2.25. The van der Waals surface area contributed by atoms with Crippen molar-refractivity contribution in [3.05, 3.63) is 20.5 Å². The molecule has 7 nitrogen and oxygen atoms in total. The zero-order valence-electron chi connectivity index (χ0n) is 11.4. The van der Waals surface area contributed by atoms with Gasteiger partial charge in [-0.2, -0.15) is 4.31 Å². The smallest absolute Gasteiger partial charge is 0.300 e. The number of sulfonamides is 1. The van der Waals surface area contributed by atoms with Crippen molar-refractivity contribution in [3.63, 3.8) is 0 Å². The molecule has 0 bridgehead atoms. The Kier molecular flexibility index (Phi) is 5.20. The van der Waals surface area contributed by atoms with Crippen LogP contribution in [0.15, 0.2) is 10.3 Å². The number of thiophene rings is 1. The van der Waals surface area contributed by atoms with Crippen LogP contribution in [0.2, 0.25) is 4.34 Å². The van der Waals surface area contributed by atoms with Gasteiger partial charge in [0.2, 0.25) is 0 Å². The first-order valence-electron chi connectivity index (χ1n) is 6.44. The summed E-state index contributed by atoms with van der Waals surface area (Å²) < 4.78 is 26.3. The van der Waals surface area contributed by atoms with Gasteiger partial charge in [-0.3, -0.25) is 10.1 Å². The van der Waals surface area contributed by atoms with E-state index in [9.17, 15) is 18.5 Å². The molecule has 0 radical (unpaired) electrons. The topological polar surface area (TPSA) is 92.6 Å². The third kappa shape index (κ3) is 3.54. The Morgan fingerprint density at radius 1 is 1.62 bits per heavy atom. The van der Waals surface area contributed by atoms with Crippen molar-refractivity contribution >= 4 is 38.6 Å². The molecule has 21 heavy (non-hydrogen) atoms. The average molecular weight is 354 g/mol. The fraction of sp³-hybridized carbons (Fsp3) is 0.636. The number of nitrogens with one attached hydrogen (secondary N) is 1. The minimum atomic E-state index is -3.71. The third-order valence-electron chi connectivity index (χ3n) is 3.41. The van der Waals surface area contributed by atoms with E-state index in [0.717, 1.165) is 36.8 Å². The molecule has 1 aromatic heterocycles. The van der Waals surface area contributed by atoms with E-state index in [-0.39, 0.29) is 20.2 Å². The molecule has 0 aliphatic carbocycles. The zero-order valence-corrected chi connectivity index (χ0v) is 13.8. The van der Waals surface area contributed by atoms with Gasteiger partial charge in [0.15, 0.2) is 4.34 Å². The van der Waals surface area contributed by atoms with E-state index in [2.05, 4.69) is 5.32 Å². The highest BCUT2D eigenvalue weighted by Gasteiger charge is 2.33. The lowest BCUT2D eigenvalue weighted by atomic mass is 10.00. The van der Waals surface area contributed by atoms with Crippen molar-refractivity contribution in [1.29, 1.82) is 0 Å². The first-order valence-corrected chi connectivity index (χ1v) is 9.08. The molecule has 1 N–H and O–H groups in total. The van der Waals surface area contributed by atoms with Gasteiger partial charge in [0, 0.05) is 19.2 Å². The summed E-state index contributed by atoms with van der Waals surface area (Å²) >= 11 is 6.48. The molecule has 0 amide bonds. The largest absolute Gasteiger partial charge is 0.319 e. The maximum atomic E-state index is 12.6. The van der Waals surface area contributed by atoms with Crippen LogP contribution in [0.5, 0.6) is 0 Å². The second kappa shape index (κ2) is 6.57. The zero-order chi connectivity index (χ0) is 15.6. The van der Waals surface area contributed by atoms with Crippen LogP contribution in [0.25, 0.3) is 0 Å².